The maximum absolute atomic E-state index is 9.00. The zero-order chi connectivity index (χ0) is 15.9. The Morgan fingerprint density at radius 1 is 1.00 bits per heavy atom. The van der Waals surface area contributed by atoms with E-state index < -0.39 is 20.7 Å². The molecule has 0 aliphatic carbocycles. The quantitative estimate of drug-likeness (QED) is 0.601. The van der Waals surface area contributed by atoms with Gasteiger partial charge in [0.05, 0.1) is 0 Å². The summed E-state index contributed by atoms with van der Waals surface area (Å²) < 4.78 is 15.5. The van der Waals surface area contributed by atoms with Crippen LogP contribution in [-0.4, -0.2) is 58.8 Å². The summed E-state index contributed by atoms with van der Waals surface area (Å²) in [5.74, 6) is -1.67. The van der Waals surface area contributed by atoms with Crippen LogP contribution in [-0.2, 0) is 22.9 Å². The molecule has 19 heavy (non-hydrogen) atoms. The maximum Gasteiger partial charge on any atom is 0.500 e. The summed E-state index contributed by atoms with van der Waals surface area (Å²) in [7, 11) is 2.50. The van der Waals surface area contributed by atoms with E-state index >= 15 is 0 Å². The van der Waals surface area contributed by atoms with Crippen LogP contribution in [0.5, 0.6) is 0 Å². The van der Waals surface area contributed by atoms with E-state index in [1.165, 1.54) is 0 Å². The molecule has 8 nitrogen and oxygen atoms in total. The highest BCUT2D eigenvalue weighted by Gasteiger charge is 2.36. The molecular weight excluding hydrogens is 274 g/mol. The summed E-state index contributed by atoms with van der Waals surface area (Å²) in [5.41, 5.74) is 5.36. The highest BCUT2D eigenvalue weighted by atomic mass is 28.4. The zero-order valence-electron chi connectivity index (χ0n) is 12.1. The normalized spacial score (nSPS) is 9.58. The fourth-order valence-electron chi connectivity index (χ4n) is 0.875. The Balaban J connectivity index is -0.000000264. The number of carbonyl (C=O) groups is 2. The standard InChI is InChI=1S/C6H17NO3Si.2C2H4O2/c1-8-11(9-2,10-3)6-4-5-7;2*1-2(3)4/h4-7H2,1-3H3;2*1H3,(H,3,4). The largest absolute Gasteiger partial charge is 0.500 e. The van der Waals surface area contributed by atoms with E-state index in [-0.39, 0.29) is 0 Å². The van der Waals surface area contributed by atoms with Crippen LogP contribution in [0.15, 0.2) is 0 Å². The van der Waals surface area contributed by atoms with Gasteiger partial charge in [0.25, 0.3) is 11.9 Å². The van der Waals surface area contributed by atoms with Crippen LogP contribution in [0.3, 0.4) is 0 Å². The molecule has 0 atom stereocenters. The first-order valence-electron chi connectivity index (χ1n) is 5.45. The molecule has 0 aliphatic rings. The van der Waals surface area contributed by atoms with E-state index in [0.29, 0.717) is 6.54 Å². The van der Waals surface area contributed by atoms with Gasteiger partial charge >= 0.3 is 8.80 Å². The van der Waals surface area contributed by atoms with Gasteiger partial charge in [-0.25, -0.2) is 0 Å². The van der Waals surface area contributed by atoms with Gasteiger partial charge in [0.2, 0.25) is 0 Å². The van der Waals surface area contributed by atoms with Crippen LogP contribution < -0.4 is 5.73 Å². The lowest BCUT2D eigenvalue weighted by Gasteiger charge is -2.23. The first-order valence-corrected chi connectivity index (χ1v) is 7.39. The minimum Gasteiger partial charge on any atom is -0.481 e. The zero-order valence-corrected chi connectivity index (χ0v) is 13.1. The molecule has 9 heteroatoms. The van der Waals surface area contributed by atoms with Gasteiger partial charge in [-0.05, 0) is 13.0 Å². The Morgan fingerprint density at radius 3 is 1.42 bits per heavy atom. The minimum absolute atomic E-state index is 0.644. The Kier molecular flexibility index (Phi) is 18.3. The van der Waals surface area contributed by atoms with Gasteiger partial charge in [-0.3, -0.25) is 9.59 Å². The molecule has 4 N–H and O–H groups in total. The lowest BCUT2D eigenvalue weighted by atomic mass is 10.5. The lowest BCUT2D eigenvalue weighted by Crippen LogP contribution is -2.42. The van der Waals surface area contributed by atoms with E-state index in [2.05, 4.69) is 0 Å². The van der Waals surface area contributed by atoms with Gasteiger partial charge in [0.1, 0.15) is 0 Å². The van der Waals surface area contributed by atoms with E-state index in [0.717, 1.165) is 26.3 Å². The predicted molar refractivity (Wildman–Crippen MR) is 71.9 cm³/mol. The topological polar surface area (TPSA) is 128 Å². The highest BCUT2D eigenvalue weighted by molar-refractivity contribution is 6.60. The minimum atomic E-state index is -2.32. The van der Waals surface area contributed by atoms with Crippen LogP contribution in [0.2, 0.25) is 6.04 Å². The summed E-state index contributed by atoms with van der Waals surface area (Å²) in [5, 5.41) is 14.8. The molecule has 0 saturated carbocycles. The van der Waals surface area contributed by atoms with Crippen molar-refractivity contribution in [2.45, 2.75) is 26.3 Å². The summed E-state index contributed by atoms with van der Waals surface area (Å²) in [6.45, 7) is 2.81. The smallest absolute Gasteiger partial charge is 0.481 e. The summed E-state index contributed by atoms with van der Waals surface area (Å²) in [6.07, 6.45) is 0.877. The number of hydrogen-bond acceptors (Lipinski definition) is 6. The van der Waals surface area contributed by atoms with Crippen LogP contribution in [0, 0.1) is 0 Å². The third kappa shape index (κ3) is 22.6. The molecule has 0 aromatic carbocycles. The van der Waals surface area contributed by atoms with Crippen molar-refractivity contribution in [3.8, 4) is 0 Å². The van der Waals surface area contributed by atoms with Crippen molar-refractivity contribution in [3.05, 3.63) is 0 Å². The Labute approximate surface area is 114 Å². The van der Waals surface area contributed by atoms with Gasteiger partial charge in [-0.2, -0.15) is 0 Å². The second kappa shape index (κ2) is 15.1. The second-order valence-corrected chi connectivity index (χ2v) is 6.32. The van der Waals surface area contributed by atoms with Crippen molar-refractivity contribution in [2.24, 2.45) is 5.73 Å². The number of rotatable bonds is 6. The fourth-order valence-corrected chi connectivity index (χ4v) is 2.62. The summed E-state index contributed by atoms with van der Waals surface area (Å²) in [4.78, 5) is 18.0. The van der Waals surface area contributed by atoms with E-state index in [4.69, 9.17) is 38.8 Å². The molecule has 0 bridgehead atoms. The SMILES string of the molecule is CC(=O)O.CC(=O)O.CO[Si](CCCN)(OC)OC. The first-order chi connectivity index (χ1) is 8.71. The lowest BCUT2D eigenvalue weighted by molar-refractivity contribution is -0.135. The summed E-state index contributed by atoms with van der Waals surface area (Å²) in [6, 6.07) is 0.785. The molecule has 0 heterocycles. The average Bonchev–Trinajstić information content (AvgIpc) is 2.30. The predicted octanol–water partition coefficient (Wildman–Crippen LogP) is 0.395. The van der Waals surface area contributed by atoms with Gasteiger partial charge < -0.3 is 29.2 Å². The number of nitrogens with two attached hydrogens (primary N) is 1. The van der Waals surface area contributed by atoms with E-state index in [1.807, 2.05) is 0 Å². The van der Waals surface area contributed by atoms with E-state index in [9.17, 15) is 0 Å². The van der Waals surface area contributed by atoms with Crippen molar-refractivity contribution in [1.82, 2.24) is 0 Å². The van der Waals surface area contributed by atoms with Crippen LogP contribution in [0.1, 0.15) is 20.3 Å². The van der Waals surface area contributed by atoms with Crippen molar-refractivity contribution in [1.29, 1.82) is 0 Å². The molecular formula is C10H25NO7Si. The molecule has 0 rings (SSSR count). The summed E-state index contributed by atoms with van der Waals surface area (Å²) >= 11 is 0. The molecule has 0 aliphatic heterocycles. The van der Waals surface area contributed by atoms with Gasteiger partial charge in [-0.15, -0.1) is 0 Å². The number of carboxylic acids is 2. The Morgan fingerprint density at radius 2 is 1.26 bits per heavy atom. The Hall–Kier alpha value is -1.00. The fraction of sp³-hybridized carbons (Fsp3) is 0.800. The van der Waals surface area contributed by atoms with Crippen LogP contribution >= 0.6 is 0 Å². The molecule has 0 radical (unpaired) electrons. The number of carboxylic acid groups (broad SMARTS) is 2. The number of aliphatic carboxylic acids is 2. The Bertz CT molecular complexity index is 206. The monoisotopic (exact) mass is 299 g/mol. The first kappa shape index (κ1) is 23.1. The van der Waals surface area contributed by atoms with Gasteiger partial charge in [-0.1, -0.05) is 0 Å². The molecule has 0 fully saturated rings. The van der Waals surface area contributed by atoms with Gasteiger partial charge in [0.15, 0.2) is 0 Å². The van der Waals surface area contributed by atoms with E-state index in [1.54, 1.807) is 21.3 Å². The molecule has 0 spiro atoms. The van der Waals surface area contributed by atoms with Crippen molar-refractivity contribution < 1.29 is 33.1 Å². The van der Waals surface area contributed by atoms with Crippen LogP contribution in [0.4, 0.5) is 0 Å². The van der Waals surface area contributed by atoms with Crippen LogP contribution in [0.25, 0.3) is 0 Å². The molecule has 0 unspecified atom stereocenters. The number of hydrogen-bond donors (Lipinski definition) is 3. The molecule has 0 aromatic heterocycles. The van der Waals surface area contributed by atoms with Crippen molar-refractivity contribution in [2.75, 3.05) is 27.9 Å². The second-order valence-electron chi connectivity index (χ2n) is 3.23. The van der Waals surface area contributed by atoms with Crippen molar-refractivity contribution >= 4 is 20.7 Å². The third-order valence-electron chi connectivity index (χ3n) is 1.62. The third-order valence-corrected chi connectivity index (χ3v) is 4.45. The molecule has 0 aromatic rings. The average molecular weight is 299 g/mol. The van der Waals surface area contributed by atoms with Gasteiger partial charge in [0, 0.05) is 41.2 Å². The van der Waals surface area contributed by atoms with Crippen molar-refractivity contribution in [3.63, 3.8) is 0 Å². The molecule has 116 valence electrons. The molecule has 0 saturated heterocycles. The molecule has 0 amide bonds. The highest BCUT2D eigenvalue weighted by Crippen LogP contribution is 2.13. The maximum atomic E-state index is 9.00.